The van der Waals surface area contributed by atoms with Gasteiger partial charge in [-0.3, -0.25) is 4.79 Å². The van der Waals surface area contributed by atoms with E-state index in [9.17, 15) is 9.59 Å². The predicted molar refractivity (Wildman–Crippen MR) is 112 cm³/mol. The number of benzene rings is 2. The third-order valence-electron chi connectivity index (χ3n) is 4.71. The summed E-state index contributed by atoms with van der Waals surface area (Å²) in [6, 6.07) is 20.3. The first-order valence-electron chi connectivity index (χ1n) is 8.87. The molecule has 0 bridgehead atoms. The molecule has 4 rings (SSSR count). The summed E-state index contributed by atoms with van der Waals surface area (Å²) in [7, 11) is 0. The zero-order valence-electron chi connectivity index (χ0n) is 15.6. The molecule has 2 atom stereocenters. The summed E-state index contributed by atoms with van der Waals surface area (Å²) in [5, 5.41) is 17.8. The molecule has 0 saturated heterocycles. The number of fused-ring (bicyclic) bond motifs is 1. The van der Waals surface area contributed by atoms with Gasteiger partial charge in [0.05, 0.1) is 11.0 Å². The fourth-order valence-electron chi connectivity index (χ4n) is 2.93. The Morgan fingerprint density at radius 2 is 1.69 bits per heavy atom. The summed E-state index contributed by atoms with van der Waals surface area (Å²) in [6.07, 6.45) is 4.10. The lowest BCUT2D eigenvalue weighted by molar-refractivity contribution is -0.145. The highest BCUT2D eigenvalue weighted by Gasteiger charge is 2.43. The van der Waals surface area contributed by atoms with Crippen molar-refractivity contribution in [3.63, 3.8) is 0 Å². The molecule has 5 nitrogen and oxygen atoms in total. The summed E-state index contributed by atoms with van der Waals surface area (Å²) in [4.78, 5) is 21.6. The van der Waals surface area contributed by atoms with Gasteiger partial charge >= 0.3 is 11.9 Å². The molecule has 0 saturated carbocycles. The average molecular weight is 411 g/mol. The molecular weight excluding hydrogens is 392 g/mol. The van der Waals surface area contributed by atoms with Crippen molar-refractivity contribution in [2.24, 2.45) is 5.41 Å². The predicted octanol–water partition coefficient (Wildman–Crippen LogP) is 5.37. The summed E-state index contributed by atoms with van der Waals surface area (Å²) in [6.45, 7) is 1.39. The van der Waals surface area contributed by atoms with Crippen molar-refractivity contribution in [2.75, 3.05) is 0 Å². The Bertz CT molecular complexity index is 1060. The van der Waals surface area contributed by atoms with Crippen molar-refractivity contribution in [3.05, 3.63) is 84.5 Å². The average Bonchev–Trinajstić information content (AvgIpc) is 3.15. The van der Waals surface area contributed by atoms with E-state index in [1.54, 1.807) is 0 Å². The number of halogens is 1. The number of carboxylic acid groups (broad SMARTS) is 2. The molecule has 0 fully saturated rings. The van der Waals surface area contributed by atoms with E-state index in [4.69, 9.17) is 26.2 Å². The topological polar surface area (TPSA) is 87.7 Å². The fourth-order valence-corrected chi connectivity index (χ4v) is 3.26. The SMILES string of the molecule is CC1(C(=O)O)C=CC=C(C(=O)O)C1Cl.c1ccc(-c2cc3ccccc3o2)cc1. The Morgan fingerprint density at radius 1 is 1.03 bits per heavy atom. The number of rotatable bonds is 3. The maximum atomic E-state index is 10.9. The third-order valence-corrected chi connectivity index (χ3v) is 5.40. The quantitative estimate of drug-likeness (QED) is 0.567. The summed E-state index contributed by atoms with van der Waals surface area (Å²) < 4.78 is 5.75. The van der Waals surface area contributed by atoms with Crippen LogP contribution in [0.3, 0.4) is 0 Å². The van der Waals surface area contributed by atoms with E-state index in [0.29, 0.717) is 0 Å². The van der Waals surface area contributed by atoms with Gasteiger partial charge in [-0.1, -0.05) is 66.8 Å². The zero-order valence-corrected chi connectivity index (χ0v) is 16.3. The number of carbonyl (C=O) groups is 2. The molecule has 3 aromatic rings. The minimum Gasteiger partial charge on any atom is -0.481 e. The molecule has 29 heavy (non-hydrogen) atoms. The zero-order chi connectivity index (χ0) is 21.0. The van der Waals surface area contributed by atoms with Gasteiger partial charge in [0.2, 0.25) is 0 Å². The second-order valence-electron chi connectivity index (χ2n) is 6.75. The molecule has 0 amide bonds. The van der Waals surface area contributed by atoms with Crippen LogP contribution in [0.5, 0.6) is 0 Å². The number of hydrogen-bond donors (Lipinski definition) is 2. The van der Waals surface area contributed by atoms with Crippen LogP contribution < -0.4 is 0 Å². The second-order valence-corrected chi connectivity index (χ2v) is 7.19. The molecule has 0 spiro atoms. The van der Waals surface area contributed by atoms with Crippen LogP contribution in [0.25, 0.3) is 22.3 Å². The molecule has 0 radical (unpaired) electrons. The first-order valence-corrected chi connectivity index (χ1v) is 9.31. The summed E-state index contributed by atoms with van der Waals surface area (Å²) in [5.74, 6) is -1.40. The molecule has 1 aliphatic rings. The van der Waals surface area contributed by atoms with E-state index in [-0.39, 0.29) is 5.57 Å². The van der Waals surface area contributed by atoms with Gasteiger partial charge < -0.3 is 14.6 Å². The molecule has 0 aliphatic heterocycles. The highest BCUT2D eigenvalue weighted by molar-refractivity contribution is 6.27. The number of furan rings is 1. The molecule has 1 aliphatic carbocycles. The number of alkyl halides is 1. The van der Waals surface area contributed by atoms with Gasteiger partial charge in [-0.05, 0) is 19.1 Å². The lowest BCUT2D eigenvalue weighted by Crippen LogP contribution is -2.39. The lowest BCUT2D eigenvalue weighted by atomic mass is 9.79. The van der Waals surface area contributed by atoms with Gasteiger partial charge in [-0.25, -0.2) is 4.79 Å². The van der Waals surface area contributed by atoms with Crippen LogP contribution in [0.1, 0.15) is 6.92 Å². The van der Waals surface area contributed by atoms with Gasteiger partial charge in [0.25, 0.3) is 0 Å². The maximum Gasteiger partial charge on any atom is 0.333 e. The van der Waals surface area contributed by atoms with E-state index >= 15 is 0 Å². The van der Waals surface area contributed by atoms with Crippen molar-refractivity contribution in [3.8, 4) is 11.3 Å². The van der Waals surface area contributed by atoms with Crippen LogP contribution in [0.15, 0.2) is 88.9 Å². The van der Waals surface area contributed by atoms with E-state index in [2.05, 4.69) is 24.3 Å². The number of allylic oxidation sites excluding steroid dienone is 2. The Balaban J connectivity index is 0.000000166. The standard InChI is InChI=1S/C14H10O.C9H9ClO4/c1-2-6-11(7-3-1)14-10-12-8-4-5-9-13(12)15-14;1-9(8(13)14)4-2-3-5(6(9)10)7(11)12/h1-10H;2-4,6H,1H3,(H,11,12)(H,13,14). The Morgan fingerprint density at radius 3 is 2.31 bits per heavy atom. The van der Waals surface area contributed by atoms with Crippen molar-refractivity contribution < 1.29 is 24.2 Å². The number of aliphatic carboxylic acids is 2. The smallest absolute Gasteiger partial charge is 0.333 e. The van der Waals surface area contributed by atoms with E-state index < -0.39 is 22.7 Å². The largest absolute Gasteiger partial charge is 0.481 e. The van der Waals surface area contributed by atoms with Crippen molar-refractivity contribution in [2.45, 2.75) is 12.3 Å². The monoisotopic (exact) mass is 410 g/mol. The van der Waals surface area contributed by atoms with E-state index in [1.807, 2.05) is 36.4 Å². The molecule has 6 heteroatoms. The van der Waals surface area contributed by atoms with Crippen LogP contribution in [-0.4, -0.2) is 27.5 Å². The van der Waals surface area contributed by atoms with Gasteiger partial charge in [0.15, 0.2) is 0 Å². The van der Waals surface area contributed by atoms with Crippen molar-refractivity contribution in [1.82, 2.24) is 0 Å². The minimum atomic E-state index is -1.36. The van der Waals surface area contributed by atoms with E-state index in [0.717, 1.165) is 22.3 Å². The number of para-hydroxylation sites is 1. The molecule has 2 aromatic carbocycles. The third kappa shape index (κ3) is 4.25. The number of hydrogen-bond acceptors (Lipinski definition) is 3. The Labute approximate surface area is 172 Å². The second kappa shape index (κ2) is 8.37. The maximum absolute atomic E-state index is 10.9. The molecule has 2 N–H and O–H groups in total. The molecule has 1 heterocycles. The first-order chi connectivity index (χ1) is 13.8. The van der Waals surface area contributed by atoms with Crippen LogP contribution in [0, 0.1) is 5.41 Å². The molecule has 2 unspecified atom stereocenters. The first kappa shape index (κ1) is 20.4. The van der Waals surface area contributed by atoms with Crippen LogP contribution in [0.4, 0.5) is 0 Å². The Kier molecular flexibility index (Phi) is 5.89. The number of carboxylic acids is 2. The van der Waals surface area contributed by atoms with Crippen LogP contribution in [0.2, 0.25) is 0 Å². The highest BCUT2D eigenvalue weighted by atomic mass is 35.5. The Hall–Kier alpha value is -3.31. The summed E-state index contributed by atoms with van der Waals surface area (Å²) >= 11 is 5.80. The van der Waals surface area contributed by atoms with E-state index in [1.165, 1.54) is 25.2 Å². The van der Waals surface area contributed by atoms with Crippen LogP contribution >= 0.6 is 11.6 Å². The van der Waals surface area contributed by atoms with Gasteiger partial charge in [0, 0.05) is 10.9 Å². The highest BCUT2D eigenvalue weighted by Crippen LogP contribution is 2.36. The summed E-state index contributed by atoms with van der Waals surface area (Å²) in [5.41, 5.74) is 0.605. The molecular formula is C23H19ClO5. The van der Waals surface area contributed by atoms with Gasteiger partial charge in [0.1, 0.15) is 16.8 Å². The molecule has 1 aromatic heterocycles. The minimum absolute atomic E-state index is 0.0981. The normalized spacial score (nSPS) is 20.5. The lowest BCUT2D eigenvalue weighted by Gasteiger charge is -2.29. The van der Waals surface area contributed by atoms with Crippen molar-refractivity contribution in [1.29, 1.82) is 0 Å². The van der Waals surface area contributed by atoms with Crippen molar-refractivity contribution >= 4 is 34.5 Å². The van der Waals surface area contributed by atoms with Gasteiger partial charge in [-0.2, -0.15) is 0 Å². The molecule has 148 valence electrons. The fraction of sp³-hybridized carbons (Fsp3) is 0.130. The van der Waals surface area contributed by atoms with Gasteiger partial charge in [-0.15, -0.1) is 11.6 Å². The van der Waals surface area contributed by atoms with Crippen LogP contribution in [-0.2, 0) is 9.59 Å².